The molecular weight excluding hydrogens is 144 g/mol. The van der Waals surface area contributed by atoms with Crippen LogP contribution in [0.5, 0.6) is 0 Å². The van der Waals surface area contributed by atoms with E-state index in [2.05, 4.69) is 52.8 Å². The number of allylic oxidation sites excluding steroid dienone is 4. The maximum atomic E-state index is 3.94. The summed E-state index contributed by atoms with van der Waals surface area (Å²) < 4.78 is 0. The van der Waals surface area contributed by atoms with Crippen molar-refractivity contribution in [2.75, 3.05) is 0 Å². The Hall–Kier alpha value is -0.520. The zero-order valence-electron chi connectivity index (χ0n) is 8.80. The van der Waals surface area contributed by atoms with Gasteiger partial charge >= 0.3 is 0 Å². The molecule has 0 heterocycles. The third-order valence-electron chi connectivity index (χ3n) is 1.73. The van der Waals surface area contributed by atoms with Gasteiger partial charge in [-0.15, -0.1) is 0 Å². The molecule has 0 heteroatoms. The summed E-state index contributed by atoms with van der Waals surface area (Å²) >= 11 is 0. The summed E-state index contributed by atoms with van der Waals surface area (Å²) in [5, 5.41) is 0. The maximum Gasteiger partial charge on any atom is -0.0225 e. The molecule has 0 aliphatic carbocycles. The van der Waals surface area contributed by atoms with Gasteiger partial charge in [0.2, 0.25) is 0 Å². The molecule has 1 radical (unpaired) electrons. The number of rotatable bonds is 4. The monoisotopic (exact) mass is 165 g/mol. The lowest BCUT2D eigenvalue weighted by Gasteiger charge is -2.07. The van der Waals surface area contributed by atoms with Crippen LogP contribution in [0.4, 0.5) is 0 Å². The predicted octanol–water partition coefficient (Wildman–Crippen LogP) is 4.01. The van der Waals surface area contributed by atoms with Crippen LogP contribution in [0.15, 0.2) is 23.8 Å². The van der Waals surface area contributed by atoms with Crippen molar-refractivity contribution in [1.29, 1.82) is 0 Å². The number of hydrogen-bond acceptors (Lipinski definition) is 0. The molecule has 0 saturated heterocycles. The van der Waals surface area contributed by atoms with Crippen LogP contribution in [-0.4, -0.2) is 0 Å². The molecule has 2 atom stereocenters. The first-order valence-electron chi connectivity index (χ1n) is 4.69. The van der Waals surface area contributed by atoms with Crippen LogP contribution in [-0.2, 0) is 0 Å². The smallest absolute Gasteiger partial charge is 0.0225 e. The Balaban J connectivity index is 3.91. The number of hydrogen-bond donors (Lipinski definition) is 0. The molecular formula is C12H21. The van der Waals surface area contributed by atoms with Gasteiger partial charge in [0.25, 0.3) is 0 Å². The molecule has 69 valence electrons. The summed E-state index contributed by atoms with van der Waals surface area (Å²) in [6.07, 6.45) is 7.75. The summed E-state index contributed by atoms with van der Waals surface area (Å²) in [5.74, 6) is 1.09. The minimum atomic E-state index is 0.433. The molecule has 0 rings (SSSR count). The Labute approximate surface area is 77.4 Å². The first-order valence-corrected chi connectivity index (χ1v) is 4.69. The van der Waals surface area contributed by atoms with E-state index < -0.39 is 0 Å². The van der Waals surface area contributed by atoms with Crippen molar-refractivity contribution < 1.29 is 0 Å². The van der Waals surface area contributed by atoms with Crippen molar-refractivity contribution in [3.63, 3.8) is 0 Å². The second-order valence-corrected chi connectivity index (χ2v) is 3.70. The van der Waals surface area contributed by atoms with Crippen LogP contribution in [0, 0.1) is 18.8 Å². The standard InChI is InChI=1S/C12H21/c1-6-7-11(4)9-12(5)8-10(2)3/h6-8,10-11H,2,9H2,1,3-5H3. The quantitative estimate of drug-likeness (QED) is 0.552. The van der Waals surface area contributed by atoms with Crippen molar-refractivity contribution in [1.82, 2.24) is 0 Å². The fourth-order valence-corrected chi connectivity index (χ4v) is 1.46. The first-order chi connectivity index (χ1) is 5.56. The summed E-state index contributed by atoms with van der Waals surface area (Å²) in [4.78, 5) is 0. The van der Waals surface area contributed by atoms with Crippen LogP contribution in [0.3, 0.4) is 0 Å². The van der Waals surface area contributed by atoms with Gasteiger partial charge in [-0.25, -0.2) is 0 Å². The van der Waals surface area contributed by atoms with Gasteiger partial charge in [-0.1, -0.05) is 37.6 Å². The Morgan fingerprint density at radius 3 is 2.42 bits per heavy atom. The lowest BCUT2D eigenvalue weighted by atomic mass is 9.99. The Morgan fingerprint density at radius 2 is 2.00 bits per heavy atom. The predicted molar refractivity (Wildman–Crippen MR) is 56.9 cm³/mol. The van der Waals surface area contributed by atoms with Crippen LogP contribution in [0.2, 0.25) is 0 Å². The summed E-state index contributed by atoms with van der Waals surface area (Å²) in [6.45, 7) is 12.5. The molecule has 0 aliphatic rings. The fraction of sp³-hybridized carbons (Fsp3) is 0.583. The average molecular weight is 165 g/mol. The average Bonchev–Trinajstić information content (AvgIpc) is 1.84. The van der Waals surface area contributed by atoms with Crippen LogP contribution < -0.4 is 0 Å². The van der Waals surface area contributed by atoms with E-state index in [-0.39, 0.29) is 0 Å². The van der Waals surface area contributed by atoms with Gasteiger partial charge < -0.3 is 0 Å². The lowest BCUT2D eigenvalue weighted by Crippen LogP contribution is -1.92. The van der Waals surface area contributed by atoms with E-state index in [1.54, 1.807) is 0 Å². The molecule has 0 fully saturated rings. The van der Waals surface area contributed by atoms with Crippen molar-refractivity contribution >= 4 is 0 Å². The largest absolute Gasteiger partial charge is 0.0914 e. The van der Waals surface area contributed by atoms with E-state index in [4.69, 9.17) is 0 Å². The molecule has 0 N–H and O–H groups in total. The molecule has 0 aromatic rings. The highest BCUT2D eigenvalue weighted by Gasteiger charge is 1.98. The van der Waals surface area contributed by atoms with Crippen LogP contribution in [0.1, 0.15) is 34.1 Å². The van der Waals surface area contributed by atoms with E-state index in [9.17, 15) is 0 Å². The highest BCUT2D eigenvalue weighted by Crippen LogP contribution is 2.13. The minimum absolute atomic E-state index is 0.433. The van der Waals surface area contributed by atoms with Gasteiger partial charge in [-0.05, 0) is 39.0 Å². The SMILES string of the molecule is [CH2]C(C)C=C(C)CC(C)C=CC. The second kappa shape index (κ2) is 6.05. The first kappa shape index (κ1) is 11.5. The van der Waals surface area contributed by atoms with Gasteiger partial charge in [0.1, 0.15) is 0 Å². The summed E-state index contributed by atoms with van der Waals surface area (Å²) in [7, 11) is 0. The Kier molecular flexibility index (Phi) is 5.79. The lowest BCUT2D eigenvalue weighted by molar-refractivity contribution is 0.707. The molecule has 12 heavy (non-hydrogen) atoms. The van der Waals surface area contributed by atoms with Crippen molar-refractivity contribution in [2.24, 2.45) is 11.8 Å². The van der Waals surface area contributed by atoms with E-state index in [1.807, 2.05) is 0 Å². The Morgan fingerprint density at radius 1 is 1.42 bits per heavy atom. The van der Waals surface area contributed by atoms with Gasteiger partial charge in [-0.3, -0.25) is 0 Å². The molecule has 0 amide bonds. The third kappa shape index (κ3) is 6.21. The topological polar surface area (TPSA) is 0 Å². The summed E-state index contributed by atoms with van der Waals surface area (Å²) in [5.41, 5.74) is 1.45. The zero-order chi connectivity index (χ0) is 9.56. The third-order valence-corrected chi connectivity index (χ3v) is 1.73. The molecule has 0 aromatic carbocycles. The fourth-order valence-electron chi connectivity index (χ4n) is 1.46. The minimum Gasteiger partial charge on any atom is -0.0914 e. The molecule has 0 spiro atoms. The molecule has 2 unspecified atom stereocenters. The molecule has 0 bridgehead atoms. The zero-order valence-corrected chi connectivity index (χ0v) is 8.80. The molecule has 0 aliphatic heterocycles. The maximum absolute atomic E-state index is 3.94. The molecule has 0 nitrogen and oxygen atoms in total. The van der Waals surface area contributed by atoms with Gasteiger partial charge in [-0.2, -0.15) is 0 Å². The van der Waals surface area contributed by atoms with Gasteiger partial charge in [0, 0.05) is 0 Å². The van der Waals surface area contributed by atoms with Crippen LogP contribution >= 0.6 is 0 Å². The molecule has 0 saturated carbocycles. The van der Waals surface area contributed by atoms with E-state index in [0.29, 0.717) is 11.8 Å². The van der Waals surface area contributed by atoms with Crippen molar-refractivity contribution in [3.05, 3.63) is 30.7 Å². The summed E-state index contributed by atoms with van der Waals surface area (Å²) in [6, 6.07) is 0. The van der Waals surface area contributed by atoms with Gasteiger partial charge in [0.05, 0.1) is 0 Å². The Bertz CT molecular complexity index is 161. The van der Waals surface area contributed by atoms with E-state index >= 15 is 0 Å². The normalized spacial score (nSPS) is 16.0. The van der Waals surface area contributed by atoms with E-state index in [1.165, 1.54) is 5.57 Å². The molecule has 0 aromatic heterocycles. The van der Waals surface area contributed by atoms with Gasteiger partial charge in [0.15, 0.2) is 0 Å². The highest BCUT2D eigenvalue weighted by molar-refractivity contribution is 5.04. The highest BCUT2D eigenvalue weighted by atomic mass is 14.0. The van der Waals surface area contributed by atoms with E-state index in [0.717, 1.165) is 6.42 Å². The van der Waals surface area contributed by atoms with Crippen molar-refractivity contribution in [3.8, 4) is 0 Å². The van der Waals surface area contributed by atoms with Crippen LogP contribution in [0.25, 0.3) is 0 Å². The second-order valence-electron chi connectivity index (χ2n) is 3.70. The van der Waals surface area contributed by atoms with Crippen molar-refractivity contribution in [2.45, 2.75) is 34.1 Å².